The lowest BCUT2D eigenvalue weighted by Gasteiger charge is -2.64. The Bertz CT molecular complexity index is 568. The zero-order chi connectivity index (χ0) is 20.1. The maximum Gasteiger partial charge on any atom is 0.481 e. The number of nitrogens with two attached hydrogens (primary N) is 1. The predicted molar refractivity (Wildman–Crippen MR) is 109 cm³/mol. The minimum Gasteiger partial charge on any atom is -0.404 e. The zero-order valence-electron chi connectivity index (χ0n) is 18.2. The van der Waals surface area contributed by atoms with Crippen LogP contribution >= 0.6 is 0 Å². The Kier molecular flexibility index (Phi) is 5.75. The Labute approximate surface area is 165 Å². The van der Waals surface area contributed by atoms with E-state index < -0.39 is 6.04 Å². The van der Waals surface area contributed by atoms with Crippen LogP contribution in [0.25, 0.3) is 0 Å². The number of hydrogen-bond donors (Lipinski definition) is 2. The van der Waals surface area contributed by atoms with Crippen LogP contribution < -0.4 is 11.1 Å². The van der Waals surface area contributed by atoms with Gasteiger partial charge in [0, 0.05) is 0 Å². The van der Waals surface area contributed by atoms with Gasteiger partial charge in [-0.05, 0) is 61.7 Å². The SMILES string of the molecule is CC(C)C[C@H](NC(=O)[C@@H](N)CC(C)C)B1O[C@@H]2C[C@@H]3C[C@@H](C3(C)C)[C@]2(C)O1. The summed E-state index contributed by atoms with van der Waals surface area (Å²) in [7, 11) is -0.382. The maximum atomic E-state index is 12.6. The summed E-state index contributed by atoms with van der Waals surface area (Å²) in [5, 5.41) is 3.16. The number of carbonyl (C=O) groups excluding carboxylic acids is 1. The second-order valence-corrected chi connectivity index (χ2v) is 10.8. The molecule has 6 heteroatoms. The lowest BCUT2D eigenvalue weighted by molar-refractivity contribution is -0.199. The van der Waals surface area contributed by atoms with E-state index in [0.717, 1.165) is 18.8 Å². The molecule has 1 heterocycles. The molecule has 5 nitrogen and oxygen atoms in total. The molecule has 0 unspecified atom stereocenters. The standard InChI is InChI=1S/C21H39BN2O3/c1-12(2)8-15(23)19(25)24-18(9-13(3)4)22-26-17-11-14-10-16(20(14,5)6)21(17,7)27-22/h12-18H,8-11,23H2,1-7H3,(H,24,25)/t14-,15-,16-,17+,18-,21-/m0/s1. The Hall–Kier alpha value is -0.585. The minimum atomic E-state index is -0.481. The topological polar surface area (TPSA) is 73.6 Å². The number of amides is 1. The van der Waals surface area contributed by atoms with Crippen LogP contribution in [0, 0.1) is 29.1 Å². The Balaban J connectivity index is 1.70. The van der Waals surface area contributed by atoms with Crippen molar-refractivity contribution in [3.8, 4) is 0 Å². The lowest BCUT2D eigenvalue weighted by Crippen LogP contribution is -2.65. The molecule has 6 atom stereocenters. The molecule has 0 aromatic heterocycles. The van der Waals surface area contributed by atoms with Crippen molar-refractivity contribution < 1.29 is 14.1 Å². The molecule has 0 radical (unpaired) electrons. The Morgan fingerprint density at radius 2 is 1.78 bits per heavy atom. The Morgan fingerprint density at radius 1 is 1.15 bits per heavy atom. The van der Waals surface area contributed by atoms with Crippen molar-refractivity contribution in [1.82, 2.24) is 5.32 Å². The van der Waals surface area contributed by atoms with Gasteiger partial charge < -0.3 is 20.4 Å². The molecule has 4 rings (SSSR count). The molecule has 2 bridgehead atoms. The van der Waals surface area contributed by atoms with Crippen molar-refractivity contribution in [3.05, 3.63) is 0 Å². The fourth-order valence-corrected chi connectivity index (χ4v) is 5.72. The first-order chi connectivity index (χ1) is 12.4. The summed E-state index contributed by atoms with van der Waals surface area (Å²) < 4.78 is 13.0. The highest BCUT2D eigenvalue weighted by Crippen LogP contribution is 2.65. The maximum absolute atomic E-state index is 12.6. The van der Waals surface area contributed by atoms with Crippen molar-refractivity contribution in [2.24, 2.45) is 34.8 Å². The van der Waals surface area contributed by atoms with Crippen molar-refractivity contribution in [2.45, 2.75) is 97.8 Å². The van der Waals surface area contributed by atoms with Crippen LogP contribution in [0.3, 0.4) is 0 Å². The fourth-order valence-electron chi connectivity index (χ4n) is 5.72. The van der Waals surface area contributed by atoms with Crippen LogP contribution in [0.1, 0.15) is 74.1 Å². The number of hydrogen-bond acceptors (Lipinski definition) is 4. The van der Waals surface area contributed by atoms with Gasteiger partial charge in [0.05, 0.1) is 23.7 Å². The normalized spacial score (nSPS) is 36.4. The summed E-state index contributed by atoms with van der Waals surface area (Å²) >= 11 is 0. The van der Waals surface area contributed by atoms with Gasteiger partial charge in [-0.2, -0.15) is 0 Å². The number of rotatable bonds is 7. The van der Waals surface area contributed by atoms with Crippen LogP contribution in [0.4, 0.5) is 0 Å². The zero-order valence-corrected chi connectivity index (χ0v) is 18.2. The van der Waals surface area contributed by atoms with Gasteiger partial charge in [-0.25, -0.2) is 0 Å². The second-order valence-electron chi connectivity index (χ2n) is 10.8. The monoisotopic (exact) mass is 378 g/mol. The van der Waals surface area contributed by atoms with E-state index in [0.29, 0.717) is 29.6 Å². The van der Waals surface area contributed by atoms with Crippen molar-refractivity contribution in [1.29, 1.82) is 0 Å². The van der Waals surface area contributed by atoms with Gasteiger partial charge in [0.1, 0.15) is 0 Å². The quantitative estimate of drug-likeness (QED) is 0.668. The molecule has 4 aliphatic rings. The average Bonchev–Trinajstić information content (AvgIpc) is 2.89. The van der Waals surface area contributed by atoms with Crippen molar-refractivity contribution in [2.75, 3.05) is 0 Å². The summed E-state index contributed by atoms with van der Waals surface area (Å²) in [6, 6.07) is -0.481. The van der Waals surface area contributed by atoms with Gasteiger partial charge in [0.2, 0.25) is 5.91 Å². The first-order valence-electron chi connectivity index (χ1n) is 10.8. The van der Waals surface area contributed by atoms with Gasteiger partial charge in [-0.1, -0.05) is 41.5 Å². The van der Waals surface area contributed by atoms with E-state index in [1.807, 2.05) is 0 Å². The van der Waals surface area contributed by atoms with E-state index in [4.69, 9.17) is 15.0 Å². The van der Waals surface area contributed by atoms with Crippen molar-refractivity contribution in [3.63, 3.8) is 0 Å². The van der Waals surface area contributed by atoms with Gasteiger partial charge in [0.15, 0.2) is 0 Å². The largest absolute Gasteiger partial charge is 0.481 e. The lowest BCUT2D eigenvalue weighted by atomic mass is 9.43. The van der Waals surface area contributed by atoms with E-state index in [-0.39, 0.29) is 30.7 Å². The molecular weight excluding hydrogens is 339 g/mol. The second kappa shape index (κ2) is 7.35. The molecule has 154 valence electrons. The summed E-state index contributed by atoms with van der Waals surface area (Å²) in [5.74, 6) is 1.83. The summed E-state index contributed by atoms with van der Waals surface area (Å²) in [6.07, 6.45) is 3.94. The molecule has 1 amide bonds. The highest BCUT2D eigenvalue weighted by atomic mass is 16.7. The Morgan fingerprint density at radius 3 is 2.33 bits per heavy atom. The van der Waals surface area contributed by atoms with Gasteiger partial charge in [-0.15, -0.1) is 0 Å². The van der Waals surface area contributed by atoms with Gasteiger partial charge in [0.25, 0.3) is 0 Å². The fraction of sp³-hybridized carbons (Fsp3) is 0.952. The highest BCUT2D eigenvalue weighted by molar-refractivity contribution is 6.47. The third kappa shape index (κ3) is 3.82. The molecule has 0 spiro atoms. The average molecular weight is 378 g/mol. The van der Waals surface area contributed by atoms with Crippen LogP contribution in [0.2, 0.25) is 0 Å². The molecule has 1 aliphatic heterocycles. The van der Waals surface area contributed by atoms with Gasteiger partial charge >= 0.3 is 7.12 Å². The van der Waals surface area contributed by atoms with Crippen LogP contribution in [0.5, 0.6) is 0 Å². The van der Waals surface area contributed by atoms with Crippen LogP contribution in [-0.2, 0) is 14.1 Å². The first-order valence-corrected chi connectivity index (χ1v) is 10.8. The smallest absolute Gasteiger partial charge is 0.404 e. The minimum absolute atomic E-state index is 0.0915. The molecule has 0 aromatic rings. The third-order valence-electron chi connectivity index (χ3n) is 7.41. The first kappa shape index (κ1) is 21.1. The van der Waals surface area contributed by atoms with E-state index in [1.165, 1.54) is 6.42 Å². The highest BCUT2D eigenvalue weighted by Gasteiger charge is 2.68. The van der Waals surface area contributed by atoms with E-state index in [2.05, 4.69) is 53.8 Å². The number of carbonyl (C=O) groups is 1. The van der Waals surface area contributed by atoms with E-state index >= 15 is 0 Å². The molecule has 4 fully saturated rings. The molecule has 1 saturated heterocycles. The predicted octanol–water partition coefficient (Wildman–Crippen LogP) is 3.16. The van der Waals surface area contributed by atoms with Crippen LogP contribution in [0.15, 0.2) is 0 Å². The van der Waals surface area contributed by atoms with Crippen LogP contribution in [-0.4, -0.2) is 36.7 Å². The number of nitrogens with one attached hydrogen (secondary N) is 1. The molecule has 0 aromatic carbocycles. The summed E-state index contributed by atoms with van der Waals surface area (Å²) in [5.41, 5.74) is 6.18. The van der Waals surface area contributed by atoms with Crippen molar-refractivity contribution >= 4 is 13.0 Å². The molecule has 27 heavy (non-hydrogen) atoms. The summed E-state index contributed by atoms with van der Waals surface area (Å²) in [6.45, 7) is 15.4. The molecule has 3 N–H and O–H groups in total. The molecule has 3 saturated carbocycles. The van der Waals surface area contributed by atoms with E-state index in [9.17, 15) is 4.79 Å². The molecular formula is C21H39BN2O3. The van der Waals surface area contributed by atoms with E-state index in [1.54, 1.807) is 0 Å². The van der Waals surface area contributed by atoms with Gasteiger partial charge in [-0.3, -0.25) is 4.79 Å². The summed E-state index contributed by atoms with van der Waals surface area (Å²) in [4.78, 5) is 12.6. The molecule has 3 aliphatic carbocycles. The third-order valence-corrected chi connectivity index (χ3v) is 7.41.